The van der Waals surface area contributed by atoms with E-state index in [2.05, 4.69) is 26.8 Å². The molecule has 1 saturated heterocycles. The molecule has 0 atom stereocenters. The van der Waals surface area contributed by atoms with Crippen molar-refractivity contribution in [3.63, 3.8) is 0 Å². The average molecular weight is 313 g/mol. The molecule has 0 amide bonds. The SMILES string of the molecule is CCc1ncnc(N2CCC(C)(O)CC2)c1-c1ccc(N)nc1. The summed E-state index contributed by atoms with van der Waals surface area (Å²) >= 11 is 0. The highest BCUT2D eigenvalue weighted by Crippen LogP contribution is 2.34. The number of rotatable bonds is 3. The molecular formula is C17H23N5O. The second-order valence-electron chi connectivity index (χ2n) is 6.33. The molecule has 0 aromatic carbocycles. The Labute approximate surface area is 136 Å². The highest BCUT2D eigenvalue weighted by molar-refractivity contribution is 5.78. The fourth-order valence-electron chi connectivity index (χ4n) is 2.97. The van der Waals surface area contributed by atoms with Crippen molar-refractivity contribution < 1.29 is 5.11 Å². The van der Waals surface area contributed by atoms with Crippen LogP contribution < -0.4 is 10.6 Å². The second-order valence-corrected chi connectivity index (χ2v) is 6.33. The summed E-state index contributed by atoms with van der Waals surface area (Å²) in [5.74, 6) is 1.41. The van der Waals surface area contributed by atoms with Crippen LogP contribution in [0.3, 0.4) is 0 Å². The lowest BCUT2D eigenvalue weighted by molar-refractivity contribution is 0.0350. The lowest BCUT2D eigenvalue weighted by Crippen LogP contribution is -2.43. The van der Waals surface area contributed by atoms with Gasteiger partial charge in [0.25, 0.3) is 0 Å². The Morgan fingerprint density at radius 2 is 1.96 bits per heavy atom. The first-order chi connectivity index (χ1) is 11.0. The fraction of sp³-hybridized carbons (Fsp3) is 0.471. The number of nitrogen functional groups attached to an aromatic ring is 1. The summed E-state index contributed by atoms with van der Waals surface area (Å²) in [4.78, 5) is 15.4. The molecule has 6 nitrogen and oxygen atoms in total. The van der Waals surface area contributed by atoms with Gasteiger partial charge in [0.05, 0.1) is 11.3 Å². The van der Waals surface area contributed by atoms with Crippen molar-refractivity contribution in [2.24, 2.45) is 0 Å². The molecule has 6 heteroatoms. The maximum Gasteiger partial charge on any atom is 0.140 e. The number of piperidine rings is 1. The Kier molecular flexibility index (Phi) is 4.17. The van der Waals surface area contributed by atoms with Crippen LogP contribution in [-0.2, 0) is 6.42 Å². The molecular weight excluding hydrogens is 290 g/mol. The minimum Gasteiger partial charge on any atom is -0.390 e. The summed E-state index contributed by atoms with van der Waals surface area (Å²) in [6.45, 7) is 5.54. The van der Waals surface area contributed by atoms with Gasteiger partial charge >= 0.3 is 0 Å². The quantitative estimate of drug-likeness (QED) is 0.901. The number of hydrogen-bond acceptors (Lipinski definition) is 6. The van der Waals surface area contributed by atoms with E-state index in [-0.39, 0.29) is 0 Å². The van der Waals surface area contributed by atoms with E-state index >= 15 is 0 Å². The van der Waals surface area contributed by atoms with Crippen molar-refractivity contribution in [2.45, 2.75) is 38.7 Å². The molecule has 2 aromatic heterocycles. The fourth-order valence-corrected chi connectivity index (χ4v) is 2.97. The van der Waals surface area contributed by atoms with Gasteiger partial charge in [-0.3, -0.25) is 0 Å². The zero-order valence-corrected chi connectivity index (χ0v) is 13.7. The van der Waals surface area contributed by atoms with Gasteiger partial charge in [0.15, 0.2) is 0 Å². The summed E-state index contributed by atoms with van der Waals surface area (Å²) in [5, 5.41) is 10.2. The van der Waals surface area contributed by atoms with Gasteiger partial charge in [-0.15, -0.1) is 0 Å². The second kappa shape index (κ2) is 6.12. The number of nitrogens with zero attached hydrogens (tertiary/aromatic N) is 4. The van der Waals surface area contributed by atoms with E-state index in [4.69, 9.17) is 5.73 Å². The Hall–Kier alpha value is -2.21. The van der Waals surface area contributed by atoms with Crippen LogP contribution in [0.1, 0.15) is 32.4 Å². The molecule has 0 bridgehead atoms. The van der Waals surface area contributed by atoms with E-state index in [1.807, 2.05) is 13.0 Å². The minimum absolute atomic E-state index is 0.499. The summed E-state index contributed by atoms with van der Waals surface area (Å²) in [6.07, 6.45) is 5.68. The van der Waals surface area contributed by atoms with Crippen molar-refractivity contribution in [1.82, 2.24) is 15.0 Å². The van der Waals surface area contributed by atoms with Crippen molar-refractivity contribution >= 4 is 11.6 Å². The number of aryl methyl sites for hydroxylation is 1. The highest BCUT2D eigenvalue weighted by Gasteiger charge is 2.29. The van der Waals surface area contributed by atoms with E-state index < -0.39 is 5.60 Å². The molecule has 3 rings (SSSR count). The first-order valence-corrected chi connectivity index (χ1v) is 8.03. The van der Waals surface area contributed by atoms with Crippen molar-refractivity contribution in [2.75, 3.05) is 23.7 Å². The highest BCUT2D eigenvalue weighted by atomic mass is 16.3. The average Bonchev–Trinajstić information content (AvgIpc) is 2.55. The van der Waals surface area contributed by atoms with Crippen LogP contribution >= 0.6 is 0 Å². The number of hydrogen-bond donors (Lipinski definition) is 2. The number of aromatic nitrogens is 3. The van der Waals surface area contributed by atoms with E-state index in [0.717, 1.165) is 55.0 Å². The van der Waals surface area contributed by atoms with Crippen LogP contribution in [-0.4, -0.2) is 38.7 Å². The third kappa shape index (κ3) is 3.27. The third-order valence-electron chi connectivity index (χ3n) is 4.46. The zero-order chi connectivity index (χ0) is 16.4. The van der Waals surface area contributed by atoms with E-state index in [0.29, 0.717) is 5.82 Å². The Morgan fingerprint density at radius 1 is 1.22 bits per heavy atom. The van der Waals surface area contributed by atoms with Gasteiger partial charge in [-0.05, 0) is 38.3 Å². The predicted molar refractivity (Wildman–Crippen MR) is 91.1 cm³/mol. The predicted octanol–water partition coefficient (Wildman–Crippen LogP) is 2.03. The number of nitrogens with two attached hydrogens (primary N) is 1. The standard InChI is InChI=1S/C17H23N5O/c1-3-13-15(12-4-5-14(18)19-10-12)16(21-11-20-13)22-8-6-17(2,23)7-9-22/h4-5,10-11,23H,3,6-9H2,1-2H3,(H2,18,19). The van der Waals surface area contributed by atoms with Gasteiger partial charge in [0.1, 0.15) is 18.0 Å². The molecule has 0 radical (unpaired) electrons. The molecule has 1 fully saturated rings. The molecule has 23 heavy (non-hydrogen) atoms. The normalized spacial score (nSPS) is 17.3. The summed E-state index contributed by atoms with van der Waals surface area (Å²) in [5.41, 5.74) is 8.11. The smallest absolute Gasteiger partial charge is 0.140 e. The van der Waals surface area contributed by atoms with Gasteiger partial charge in [-0.25, -0.2) is 15.0 Å². The van der Waals surface area contributed by atoms with Crippen LogP contribution in [0.2, 0.25) is 0 Å². The van der Waals surface area contributed by atoms with Gasteiger partial charge in [0.2, 0.25) is 0 Å². The first-order valence-electron chi connectivity index (χ1n) is 8.03. The summed E-state index contributed by atoms with van der Waals surface area (Å²) in [6, 6.07) is 3.76. The van der Waals surface area contributed by atoms with E-state index in [1.54, 1.807) is 18.6 Å². The van der Waals surface area contributed by atoms with E-state index in [1.165, 1.54) is 0 Å². The molecule has 1 aliphatic heterocycles. The largest absolute Gasteiger partial charge is 0.390 e. The van der Waals surface area contributed by atoms with Crippen LogP contribution in [0, 0.1) is 0 Å². The van der Waals surface area contributed by atoms with Gasteiger partial charge in [0, 0.05) is 30.4 Å². The minimum atomic E-state index is -0.583. The maximum atomic E-state index is 10.2. The van der Waals surface area contributed by atoms with Gasteiger partial charge in [-0.2, -0.15) is 0 Å². The van der Waals surface area contributed by atoms with Gasteiger partial charge in [-0.1, -0.05) is 6.92 Å². The zero-order valence-electron chi connectivity index (χ0n) is 13.7. The lowest BCUT2D eigenvalue weighted by Gasteiger charge is -2.37. The molecule has 2 aromatic rings. The first kappa shape index (κ1) is 15.7. The Bertz CT molecular complexity index is 674. The molecule has 1 aliphatic rings. The lowest BCUT2D eigenvalue weighted by atomic mass is 9.93. The molecule has 0 unspecified atom stereocenters. The third-order valence-corrected chi connectivity index (χ3v) is 4.46. The molecule has 3 N–H and O–H groups in total. The molecule has 122 valence electrons. The number of pyridine rings is 1. The van der Waals surface area contributed by atoms with Crippen LogP contribution in [0.4, 0.5) is 11.6 Å². The summed E-state index contributed by atoms with van der Waals surface area (Å²) in [7, 11) is 0. The van der Waals surface area contributed by atoms with Crippen LogP contribution in [0.25, 0.3) is 11.1 Å². The van der Waals surface area contributed by atoms with Crippen LogP contribution in [0.5, 0.6) is 0 Å². The molecule has 0 aliphatic carbocycles. The Balaban J connectivity index is 2.02. The van der Waals surface area contributed by atoms with Crippen molar-refractivity contribution in [1.29, 1.82) is 0 Å². The van der Waals surface area contributed by atoms with E-state index in [9.17, 15) is 5.11 Å². The molecule has 3 heterocycles. The monoisotopic (exact) mass is 313 g/mol. The van der Waals surface area contributed by atoms with Crippen LogP contribution in [0.15, 0.2) is 24.7 Å². The maximum absolute atomic E-state index is 10.2. The van der Waals surface area contributed by atoms with Crippen molar-refractivity contribution in [3.05, 3.63) is 30.4 Å². The van der Waals surface area contributed by atoms with Gasteiger partial charge < -0.3 is 15.7 Å². The number of aliphatic hydroxyl groups is 1. The molecule has 0 spiro atoms. The summed E-state index contributed by atoms with van der Waals surface area (Å²) < 4.78 is 0. The molecule has 0 saturated carbocycles. The topological polar surface area (TPSA) is 88.2 Å². The van der Waals surface area contributed by atoms with Crippen molar-refractivity contribution in [3.8, 4) is 11.1 Å². The Morgan fingerprint density at radius 3 is 2.57 bits per heavy atom. The number of anilines is 2.